The number of hydrogen-bond acceptors (Lipinski definition) is 4. The van der Waals surface area contributed by atoms with Gasteiger partial charge in [-0.3, -0.25) is 9.89 Å². The Morgan fingerprint density at radius 3 is 2.48 bits per heavy atom. The van der Waals surface area contributed by atoms with Gasteiger partial charge in [0.1, 0.15) is 0 Å². The molecule has 0 amide bonds. The molecule has 0 aliphatic heterocycles. The van der Waals surface area contributed by atoms with Crippen LogP contribution in [-0.2, 0) is 18.5 Å². The average molecular weight is 307 g/mol. The van der Waals surface area contributed by atoms with Crippen LogP contribution in [0, 0.1) is 4.77 Å². The number of rotatable bonds is 3. The molecule has 0 bridgehead atoms. The van der Waals surface area contributed by atoms with Crippen LogP contribution < -0.4 is 5.56 Å². The van der Waals surface area contributed by atoms with Crippen molar-refractivity contribution in [2.45, 2.75) is 53.1 Å². The molecule has 0 aliphatic rings. The Balaban J connectivity index is 2.79. The zero-order chi connectivity index (χ0) is 15.8. The van der Waals surface area contributed by atoms with Crippen molar-refractivity contribution in [3.05, 3.63) is 26.9 Å². The Hall–Kier alpha value is -1.76. The highest BCUT2D eigenvalue weighted by atomic mass is 32.1. The fraction of sp³-hybridized carbons (Fsp3) is 0.571. The minimum Gasteiger partial charge on any atom is -0.300 e. The zero-order valence-corrected chi connectivity index (χ0v) is 13.9. The summed E-state index contributed by atoms with van der Waals surface area (Å²) in [5.41, 5.74) is 1.10. The van der Waals surface area contributed by atoms with E-state index in [9.17, 15) is 4.79 Å². The minimum atomic E-state index is -0.149. The average Bonchev–Trinajstić information content (AvgIpc) is 2.78. The number of H-pyrrole nitrogens is 1. The van der Waals surface area contributed by atoms with Gasteiger partial charge in [0, 0.05) is 18.5 Å². The monoisotopic (exact) mass is 307 g/mol. The van der Waals surface area contributed by atoms with Crippen LogP contribution in [-0.4, -0.2) is 24.5 Å². The summed E-state index contributed by atoms with van der Waals surface area (Å²) in [6.07, 6.45) is 0. The predicted octanol–water partition coefficient (Wildman–Crippen LogP) is 2.50. The first kappa shape index (κ1) is 15.6. The second-order valence-corrected chi connectivity index (χ2v) is 6.30. The molecule has 114 valence electrons. The van der Waals surface area contributed by atoms with Crippen molar-refractivity contribution >= 4 is 12.2 Å². The second-order valence-electron chi connectivity index (χ2n) is 5.91. The quantitative estimate of drug-likeness (QED) is 0.885. The summed E-state index contributed by atoms with van der Waals surface area (Å²) in [5.74, 6) is 0.572. The lowest BCUT2D eigenvalue weighted by molar-refractivity contribution is 0.512. The molecule has 2 aromatic heterocycles. The second kappa shape index (κ2) is 5.55. The van der Waals surface area contributed by atoms with Crippen LogP contribution in [0.15, 0.2) is 10.9 Å². The van der Waals surface area contributed by atoms with Gasteiger partial charge in [-0.25, -0.2) is 4.68 Å². The number of aromatic nitrogens is 5. The van der Waals surface area contributed by atoms with Gasteiger partial charge in [0.05, 0.1) is 11.3 Å². The van der Waals surface area contributed by atoms with Crippen LogP contribution in [0.5, 0.6) is 0 Å². The van der Waals surface area contributed by atoms with E-state index in [2.05, 4.69) is 36.1 Å². The molecule has 0 saturated carbocycles. The Kier molecular flexibility index (Phi) is 4.13. The van der Waals surface area contributed by atoms with Gasteiger partial charge in [0.25, 0.3) is 5.56 Å². The predicted molar refractivity (Wildman–Crippen MR) is 85.0 cm³/mol. The summed E-state index contributed by atoms with van der Waals surface area (Å²) >= 11 is 5.20. The molecule has 0 saturated heterocycles. The Morgan fingerprint density at radius 1 is 1.29 bits per heavy atom. The lowest BCUT2D eigenvalue weighted by Crippen LogP contribution is -2.29. The van der Waals surface area contributed by atoms with Gasteiger partial charge >= 0.3 is 0 Å². The van der Waals surface area contributed by atoms with Gasteiger partial charge in [-0.05, 0) is 32.1 Å². The standard InChI is InChI=1S/C14H21N5OS/c1-6-18-11(15-16-13(18)21)9-8-10(14(3,4)5)17-19(7-2)12(9)20/h8H,6-7H2,1-5H3,(H,16,21). The van der Waals surface area contributed by atoms with Crippen molar-refractivity contribution in [2.75, 3.05) is 0 Å². The zero-order valence-electron chi connectivity index (χ0n) is 13.1. The highest BCUT2D eigenvalue weighted by molar-refractivity contribution is 7.71. The Labute approximate surface area is 128 Å². The molecule has 0 aliphatic carbocycles. The fourth-order valence-corrected chi connectivity index (χ4v) is 2.36. The SMILES string of the molecule is CCn1nc(C(C)(C)C)cc(-c2n[nH]c(=S)n2CC)c1=O. The van der Waals surface area contributed by atoms with E-state index in [1.54, 1.807) is 0 Å². The number of aryl methyl sites for hydroxylation is 1. The first-order valence-electron chi connectivity index (χ1n) is 7.07. The van der Waals surface area contributed by atoms with E-state index in [1.807, 2.05) is 24.5 Å². The molecule has 6 nitrogen and oxygen atoms in total. The maximum atomic E-state index is 12.6. The molecule has 1 N–H and O–H groups in total. The van der Waals surface area contributed by atoms with E-state index in [4.69, 9.17) is 12.2 Å². The lowest BCUT2D eigenvalue weighted by Gasteiger charge is -2.19. The molecule has 21 heavy (non-hydrogen) atoms. The number of nitrogens with zero attached hydrogens (tertiary/aromatic N) is 4. The van der Waals surface area contributed by atoms with Crippen molar-refractivity contribution in [1.82, 2.24) is 24.5 Å². The van der Waals surface area contributed by atoms with Crippen LogP contribution in [0.3, 0.4) is 0 Å². The van der Waals surface area contributed by atoms with E-state index in [0.29, 0.717) is 29.2 Å². The van der Waals surface area contributed by atoms with E-state index in [-0.39, 0.29) is 11.0 Å². The van der Waals surface area contributed by atoms with Crippen LogP contribution in [0.2, 0.25) is 0 Å². The summed E-state index contributed by atoms with van der Waals surface area (Å²) in [4.78, 5) is 12.6. The molecule has 2 rings (SSSR count). The van der Waals surface area contributed by atoms with Crippen LogP contribution in [0.4, 0.5) is 0 Å². The molecule has 0 radical (unpaired) electrons. The Morgan fingerprint density at radius 2 is 1.95 bits per heavy atom. The maximum Gasteiger partial charge on any atom is 0.277 e. The molecular weight excluding hydrogens is 286 g/mol. The number of hydrogen-bond donors (Lipinski definition) is 1. The van der Waals surface area contributed by atoms with Crippen molar-refractivity contribution < 1.29 is 0 Å². The normalized spacial score (nSPS) is 11.9. The van der Waals surface area contributed by atoms with Gasteiger partial charge in [0.2, 0.25) is 0 Å². The Bertz CT molecular complexity index is 763. The topological polar surface area (TPSA) is 68.5 Å². The lowest BCUT2D eigenvalue weighted by atomic mass is 9.91. The minimum absolute atomic E-state index is 0.144. The molecule has 2 aromatic rings. The van der Waals surface area contributed by atoms with Crippen LogP contribution >= 0.6 is 12.2 Å². The van der Waals surface area contributed by atoms with E-state index < -0.39 is 0 Å². The van der Waals surface area contributed by atoms with Crippen molar-refractivity contribution in [3.63, 3.8) is 0 Å². The summed E-state index contributed by atoms with van der Waals surface area (Å²) < 4.78 is 3.82. The molecule has 0 fully saturated rings. The van der Waals surface area contributed by atoms with Gasteiger partial charge in [0.15, 0.2) is 10.6 Å². The van der Waals surface area contributed by atoms with Crippen LogP contribution in [0.1, 0.15) is 40.3 Å². The maximum absolute atomic E-state index is 12.6. The molecular formula is C14H21N5OS. The van der Waals surface area contributed by atoms with E-state index >= 15 is 0 Å². The van der Waals surface area contributed by atoms with Gasteiger partial charge in [-0.15, -0.1) is 0 Å². The third-order valence-corrected chi connectivity index (χ3v) is 3.67. The van der Waals surface area contributed by atoms with Gasteiger partial charge in [-0.1, -0.05) is 20.8 Å². The highest BCUT2D eigenvalue weighted by Gasteiger charge is 2.21. The summed E-state index contributed by atoms with van der Waals surface area (Å²) in [6.45, 7) is 11.3. The highest BCUT2D eigenvalue weighted by Crippen LogP contribution is 2.22. The van der Waals surface area contributed by atoms with Crippen molar-refractivity contribution in [2.24, 2.45) is 0 Å². The molecule has 2 heterocycles. The smallest absolute Gasteiger partial charge is 0.277 e. The molecule has 0 aromatic carbocycles. The molecule has 0 spiro atoms. The number of nitrogens with one attached hydrogen (secondary N) is 1. The third kappa shape index (κ3) is 2.83. The number of aromatic amines is 1. The van der Waals surface area contributed by atoms with Gasteiger partial charge < -0.3 is 4.57 Å². The summed E-state index contributed by atoms with van der Waals surface area (Å²) in [7, 11) is 0. The first-order chi connectivity index (χ1) is 9.79. The molecule has 0 atom stereocenters. The largest absolute Gasteiger partial charge is 0.300 e. The summed E-state index contributed by atoms with van der Waals surface area (Å²) in [6, 6.07) is 1.82. The van der Waals surface area contributed by atoms with E-state index in [0.717, 1.165) is 5.69 Å². The fourth-order valence-electron chi connectivity index (χ4n) is 2.10. The van der Waals surface area contributed by atoms with Crippen LogP contribution in [0.25, 0.3) is 11.4 Å². The summed E-state index contributed by atoms with van der Waals surface area (Å²) in [5, 5.41) is 11.4. The van der Waals surface area contributed by atoms with Crippen molar-refractivity contribution in [1.29, 1.82) is 0 Å². The van der Waals surface area contributed by atoms with Crippen molar-refractivity contribution in [3.8, 4) is 11.4 Å². The van der Waals surface area contributed by atoms with Gasteiger partial charge in [-0.2, -0.15) is 10.2 Å². The van der Waals surface area contributed by atoms with E-state index in [1.165, 1.54) is 4.68 Å². The molecule has 7 heteroatoms. The molecule has 0 unspecified atom stereocenters. The first-order valence-corrected chi connectivity index (χ1v) is 7.48. The third-order valence-electron chi connectivity index (χ3n) is 3.36.